The largest absolute Gasteiger partial charge is 0.427 e. The molecule has 0 aliphatic carbocycles. The normalized spacial score (nSPS) is 10.8. The fourth-order valence-corrected chi connectivity index (χ4v) is 6.84. The van der Waals surface area contributed by atoms with E-state index in [1.54, 1.807) is 72.8 Å². The molecule has 61 heavy (non-hydrogen) atoms. The summed E-state index contributed by atoms with van der Waals surface area (Å²) < 4.78 is 22.0. The summed E-state index contributed by atoms with van der Waals surface area (Å²) >= 11 is 0. The first-order valence-electron chi connectivity index (χ1n) is 21.3. The van der Waals surface area contributed by atoms with Crippen LogP contribution in [0.5, 0.6) is 23.0 Å². The number of esters is 4. The van der Waals surface area contributed by atoms with Crippen LogP contribution < -0.4 is 18.9 Å². The first kappa shape index (κ1) is 43.8. The van der Waals surface area contributed by atoms with Crippen LogP contribution in [-0.2, 0) is 9.59 Å². The molecule has 6 aromatic carbocycles. The molecule has 0 N–H and O–H groups in total. The molecule has 0 aromatic heterocycles. The second kappa shape index (κ2) is 23.7. The highest BCUT2D eigenvalue weighted by molar-refractivity contribution is 5.92. The van der Waals surface area contributed by atoms with Gasteiger partial charge >= 0.3 is 23.9 Å². The third kappa shape index (κ3) is 14.8. The Hall–Kier alpha value is -6.80. The van der Waals surface area contributed by atoms with Crippen molar-refractivity contribution in [2.24, 2.45) is 0 Å². The smallest absolute Gasteiger partial charge is 0.343 e. The lowest BCUT2D eigenvalue weighted by atomic mass is 10.0. The van der Waals surface area contributed by atoms with Crippen molar-refractivity contribution in [3.05, 3.63) is 169 Å². The summed E-state index contributed by atoms with van der Waals surface area (Å²) in [6.07, 6.45) is 12.2. The average molecular weight is 817 g/mol. The number of rotatable bonds is 22. The van der Waals surface area contributed by atoms with Crippen molar-refractivity contribution in [1.82, 2.24) is 0 Å². The van der Waals surface area contributed by atoms with Gasteiger partial charge in [-0.1, -0.05) is 143 Å². The molecular formula is C53H52O8. The van der Waals surface area contributed by atoms with Crippen molar-refractivity contribution in [1.29, 1.82) is 0 Å². The third-order valence-electron chi connectivity index (χ3n) is 10.2. The monoisotopic (exact) mass is 816 g/mol. The second-order valence-corrected chi connectivity index (χ2v) is 14.9. The van der Waals surface area contributed by atoms with Crippen LogP contribution in [0.15, 0.2) is 158 Å². The Labute approximate surface area is 358 Å². The molecule has 8 nitrogen and oxygen atoms in total. The zero-order chi connectivity index (χ0) is 42.5. The van der Waals surface area contributed by atoms with Gasteiger partial charge in [0.15, 0.2) is 0 Å². The van der Waals surface area contributed by atoms with Gasteiger partial charge in [-0.05, 0) is 108 Å². The van der Waals surface area contributed by atoms with Crippen molar-refractivity contribution in [2.45, 2.75) is 83.5 Å². The van der Waals surface area contributed by atoms with Gasteiger partial charge in [-0.3, -0.25) is 9.59 Å². The number of hydrogen-bond donors (Lipinski definition) is 0. The molecule has 0 atom stereocenters. The summed E-state index contributed by atoms with van der Waals surface area (Å²) in [6.45, 7) is 0. The number of benzene rings is 6. The van der Waals surface area contributed by atoms with E-state index in [2.05, 4.69) is 0 Å². The first-order valence-corrected chi connectivity index (χ1v) is 21.3. The lowest BCUT2D eigenvalue weighted by Crippen LogP contribution is -2.10. The van der Waals surface area contributed by atoms with Gasteiger partial charge < -0.3 is 18.9 Å². The minimum Gasteiger partial charge on any atom is -0.427 e. The van der Waals surface area contributed by atoms with Gasteiger partial charge in [-0.2, -0.15) is 0 Å². The molecule has 6 aromatic rings. The highest BCUT2D eigenvalue weighted by atomic mass is 16.5. The number of unbranched alkanes of at least 4 members (excludes halogenated alkanes) is 10. The van der Waals surface area contributed by atoms with E-state index in [1.807, 2.05) is 84.9 Å². The highest BCUT2D eigenvalue weighted by Crippen LogP contribution is 2.25. The fraction of sp³-hybridized carbons (Fsp3) is 0.245. The minimum atomic E-state index is -0.480. The van der Waals surface area contributed by atoms with Gasteiger partial charge in [-0.25, -0.2) is 9.59 Å². The SMILES string of the molecule is O=C(CCCCCCCCCCCCCC(=O)Oc1ccc(C(=O)Oc2ccc(-c3ccccc3)cc2)cc1)Oc1ccc(C(=O)Oc2ccc(-c3ccccc3)cc2)cc1. The van der Waals surface area contributed by atoms with Gasteiger partial charge in [0.2, 0.25) is 0 Å². The molecule has 0 aliphatic rings. The predicted octanol–water partition coefficient (Wildman–Crippen LogP) is 13.0. The van der Waals surface area contributed by atoms with Crippen LogP contribution in [0.25, 0.3) is 22.3 Å². The standard InChI is InChI=1S/C53H52O8/c54-50(58-46-36-28-44(29-37-46)52(56)60-48-32-24-42(25-33-48)40-18-12-10-13-19-40)22-16-8-6-4-2-1-3-5-7-9-17-23-51(55)59-47-38-30-45(31-39-47)53(57)61-49-34-26-43(27-35-49)41-20-14-11-15-21-41/h10-15,18-21,24-39H,1-9,16-17,22-23H2. The molecule has 6 rings (SSSR count). The number of carbonyl (C=O) groups is 4. The van der Waals surface area contributed by atoms with Crippen LogP contribution in [0.2, 0.25) is 0 Å². The maximum Gasteiger partial charge on any atom is 0.343 e. The van der Waals surface area contributed by atoms with Crippen LogP contribution in [0.3, 0.4) is 0 Å². The molecule has 0 amide bonds. The topological polar surface area (TPSA) is 105 Å². The molecule has 0 aliphatic heterocycles. The Morgan fingerprint density at radius 1 is 0.279 bits per heavy atom. The van der Waals surface area contributed by atoms with E-state index in [4.69, 9.17) is 18.9 Å². The van der Waals surface area contributed by atoms with Gasteiger partial charge in [0.1, 0.15) is 23.0 Å². The first-order chi connectivity index (χ1) is 29.9. The maximum atomic E-state index is 12.6. The zero-order valence-electron chi connectivity index (χ0n) is 34.5. The number of carbonyl (C=O) groups excluding carboxylic acids is 4. The van der Waals surface area contributed by atoms with E-state index in [0.29, 0.717) is 47.0 Å². The molecular weight excluding hydrogens is 765 g/mol. The quantitative estimate of drug-likeness (QED) is 0.0379. The van der Waals surface area contributed by atoms with Crippen LogP contribution >= 0.6 is 0 Å². The summed E-state index contributed by atoms with van der Waals surface area (Å²) in [7, 11) is 0. The molecule has 8 heteroatoms. The Morgan fingerprint density at radius 3 is 0.869 bits per heavy atom. The summed E-state index contributed by atoms with van der Waals surface area (Å²) in [6, 6.07) is 47.5. The Kier molecular flexibility index (Phi) is 17.0. The molecule has 0 saturated carbocycles. The van der Waals surface area contributed by atoms with Gasteiger partial charge in [0.25, 0.3) is 0 Å². The number of hydrogen-bond acceptors (Lipinski definition) is 8. The lowest BCUT2D eigenvalue weighted by Gasteiger charge is -2.08. The summed E-state index contributed by atoms with van der Waals surface area (Å²) in [5.41, 5.74) is 4.99. The lowest BCUT2D eigenvalue weighted by molar-refractivity contribution is -0.135. The molecule has 0 heterocycles. The molecule has 0 saturated heterocycles. The van der Waals surface area contributed by atoms with E-state index in [-0.39, 0.29) is 11.9 Å². The van der Waals surface area contributed by atoms with Gasteiger partial charge in [0.05, 0.1) is 11.1 Å². The van der Waals surface area contributed by atoms with Crippen LogP contribution in [0, 0.1) is 0 Å². The second-order valence-electron chi connectivity index (χ2n) is 14.9. The zero-order valence-corrected chi connectivity index (χ0v) is 34.5. The van der Waals surface area contributed by atoms with Crippen molar-refractivity contribution in [2.75, 3.05) is 0 Å². The van der Waals surface area contributed by atoms with Crippen LogP contribution in [-0.4, -0.2) is 23.9 Å². The third-order valence-corrected chi connectivity index (χ3v) is 10.2. The van der Waals surface area contributed by atoms with E-state index in [1.165, 1.54) is 19.3 Å². The van der Waals surface area contributed by atoms with E-state index >= 15 is 0 Å². The Morgan fingerprint density at radius 2 is 0.541 bits per heavy atom. The summed E-state index contributed by atoms with van der Waals surface area (Å²) in [5, 5.41) is 0. The Balaban J connectivity index is 0.736. The molecule has 0 spiro atoms. The number of ether oxygens (including phenoxy) is 4. The minimum absolute atomic E-state index is 0.280. The Bertz CT molecular complexity index is 2100. The van der Waals surface area contributed by atoms with E-state index < -0.39 is 11.9 Å². The van der Waals surface area contributed by atoms with Crippen molar-refractivity contribution >= 4 is 23.9 Å². The predicted molar refractivity (Wildman–Crippen MR) is 238 cm³/mol. The van der Waals surface area contributed by atoms with E-state index in [9.17, 15) is 19.2 Å². The van der Waals surface area contributed by atoms with Crippen molar-refractivity contribution in [3.63, 3.8) is 0 Å². The summed E-state index contributed by atoms with van der Waals surface area (Å²) in [5.74, 6) is 0.194. The fourth-order valence-electron chi connectivity index (χ4n) is 6.84. The van der Waals surface area contributed by atoms with Gasteiger partial charge in [-0.15, -0.1) is 0 Å². The highest BCUT2D eigenvalue weighted by Gasteiger charge is 2.13. The van der Waals surface area contributed by atoms with Gasteiger partial charge in [0, 0.05) is 12.8 Å². The molecule has 0 fully saturated rings. The van der Waals surface area contributed by atoms with Crippen molar-refractivity contribution < 1.29 is 38.1 Å². The van der Waals surface area contributed by atoms with Crippen LogP contribution in [0.4, 0.5) is 0 Å². The molecule has 0 unspecified atom stereocenters. The average Bonchev–Trinajstić information content (AvgIpc) is 3.29. The molecule has 0 bridgehead atoms. The van der Waals surface area contributed by atoms with E-state index in [0.717, 1.165) is 73.6 Å². The molecule has 312 valence electrons. The molecule has 0 radical (unpaired) electrons. The van der Waals surface area contributed by atoms with Crippen LogP contribution in [0.1, 0.15) is 104 Å². The maximum absolute atomic E-state index is 12.6. The summed E-state index contributed by atoms with van der Waals surface area (Å²) in [4.78, 5) is 50.0. The van der Waals surface area contributed by atoms with Crippen molar-refractivity contribution in [3.8, 4) is 45.3 Å².